The number of morpholine rings is 1. The van der Waals surface area contributed by atoms with Gasteiger partial charge in [-0.1, -0.05) is 0 Å². The lowest BCUT2D eigenvalue weighted by atomic mass is 10.1. The third-order valence-corrected chi connectivity index (χ3v) is 2.54. The molecule has 5 heteroatoms. The van der Waals surface area contributed by atoms with Crippen LogP contribution < -0.4 is 0 Å². The van der Waals surface area contributed by atoms with Crippen molar-refractivity contribution in [3.05, 3.63) is 0 Å². The SMILES string of the molecule is CN1C(=O)CC2COCCN2C1=O. The molecule has 0 aromatic carbocycles. The number of carbonyl (C=O) groups excluding carboxylic acids is 2. The van der Waals surface area contributed by atoms with E-state index in [2.05, 4.69) is 0 Å². The highest BCUT2D eigenvalue weighted by Gasteiger charge is 2.38. The monoisotopic (exact) mass is 184 g/mol. The van der Waals surface area contributed by atoms with Crippen LogP contribution in [0.3, 0.4) is 0 Å². The van der Waals surface area contributed by atoms with Gasteiger partial charge in [0.25, 0.3) is 0 Å². The van der Waals surface area contributed by atoms with Gasteiger partial charge in [-0.25, -0.2) is 4.79 Å². The third kappa shape index (κ3) is 1.29. The zero-order chi connectivity index (χ0) is 9.42. The Hall–Kier alpha value is -1.10. The first kappa shape index (κ1) is 8.50. The summed E-state index contributed by atoms with van der Waals surface area (Å²) < 4.78 is 5.21. The normalized spacial score (nSPS) is 29.2. The molecule has 2 heterocycles. The molecule has 1 atom stereocenters. The average molecular weight is 184 g/mol. The zero-order valence-corrected chi connectivity index (χ0v) is 7.52. The van der Waals surface area contributed by atoms with Gasteiger partial charge in [0.1, 0.15) is 0 Å². The van der Waals surface area contributed by atoms with Gasteiger partial charge in [-0.15, -0.1) is 0 Å². The molecule has 2 aliphatic rings. The molecule has 13 heavy (non-hydrogen) atoms. The van der Waals surface area contributed by atoms with Gasteiger partial charge < -0.3 is 9.64 Å². The molecule has 0 aliphatic carbocycles. The molecular formula is C8H12N2O3. The number of urea groups is 1. The van der Waals surface area contributed by atoms with Gasteiger partial charge in [-0.05, 0) is 0 Å². The molecule has 0 radical (unpaired) electrons. The lowest BCUT2D eigenvalue weighted by Gasteiger charge is -2.41. The standard InChI is InChI=1S/C8H12N2O3/c1-9-7(11)4-6-5-13-3-2-10(6)8(9)12/h6H,2-5H2,1H3. The van der Waals surface area contributed by atoms with E-state index in [4.69, 9.17) is 4.74 Å². The number of imide groups is 1. The number of carbonyl (C=O) groups is 2. The van der Waals surface area contributed by atoms with E-state index >= 15 is 0 Å². The Kier molecular flexibility index (Phi) is 1.95. The molecular weight excluding hydrogens is 172 g/mol. The first-order chi connectivity index (χ1) is 6.20. The number of hydrogen-bond acceptors (Lipinski definition) is 3. The summed E-state index contributed by atoms with van der Waals surface area (Å²) in [4.78, 5) is 25.7. The van der Waals surface area contributed by atoms with Crippen LogP contribution >= 0.6 is 0 Å². The van der Waals surface area contributed by atoms with Crippen LogP contribution in [-0.4, -0.2) is 54.6 Å². The fraction of sp³-hybridized carbons (Fsp3) is 0.750. The summed E-state index contributed by atoms with van der Waals surface area (Å²) in [6.45, 7) is 1.66. The maximum absolute atomic E-state index is 11.5. The van der Waals surface area contributed by atoms with E-state index in [-0.39, 0.29) is 18.0 Å². The first-order valence-electron chi connectivity index (χ1n) is 4.35. The van der Waals surface area contributed by atoms with Crippen LogP contribution in [0.1, 0.15) is 6.42 Å². The number of rotatable bonds is 0. The Bertz CT molecular complexity index is 254. The fourth-order valence-electron chi connectivity index (χ4n) is 1.71. The Balaban J connectivity index is 2.17. The second-order valence-electron chi connectivity index (χ2n) is 3.36. The number of fused-ring (bicyclic) bond motifs is 1. The van der Waals surface area contributed by atoms with Crippen LogP contribution in [0.5, 0.6) is 0 Å². The predicted octanol–water partition coefficient (Wildman–Crippen LogP) is -0.331. The van der Waals surface area contributed by atoms with Crippen molar-refractivity contribution >= 4 is 11.9 Å². The molecule has 72 valence electrons. The number of ether oxygens (including phenoxy) is 1. The van der Waals surface area contributed by atoms with Gasteiger partial charge in [0.15, 0.2) is 0 Å². The van der Waals surface area contributed by atoms with E-state index < -0.39 is 0 Å². The van der Waals surface area contributed by atoms with Gasteiger partial charge in [-0.2, -0.15) is 0 Å². The van der Waals surface area contributed by atoms with E-state index in [1.54, 1.807) is 4.90 Å². The first-order valence-corrected chi connectivity index (χ1v) is 4.35. The molecule has 0 saturated carbocycles. The van der Waals surface area contributed by atoms with Crippen molar-refractivity contribution in [2.75, 3.05) is 26.8 Å². The predicted molar refractivity (Wildman–Crippen MR) is 44.1 cm³/mol. The minimum atomic E-state index is -0.190. The lowest BCUT2D eigenvalue weighted by molar-refractivity contribution is -0.134. The van der Waals surface area contributed by atoms with Crippen molar-refractivity contribution < 1.29 is 14.3 Å². The summed E-state index contributed by atoms with van der Waals surface area (Å²) in [5, 5.41) is 0. The molecule has 0 bridgehead atoms. The van der Waals surface area contributed by atoms with E-state index in [1.165, 1.54) is 11.9 Å². The second-order valence-corrected chi connectivity index (χ2v) is 3.36. The van der Waals surface area contributed by atoms with Crippen LogP contribution in [0.15, 0.2) is 0 Å². The largest absolute Gasteiger partial charge is 0.377 e. The molecule has 5 nitrogen and oxygen atoms in total. The molecule has 2 aliphatic heterocycles. The summed E-state index contributed by atoms with van der Waals surface area (Å²) in [5.74, 6) is -0.114. The maximum Gasteiger partial charge on any atom is 0.326 e. The van der Waals surface area contributed by atoms with Gasteiger partial charge in [0.2, 0.25) is 5.91 Å². The summed E-state index contributed by atoms with van der Waals surface area (Å²) >= 11 is 0. The van der Waals surface area contributed by atoms with Crippen molar-refractivity contribution in [3.8, 4) is 0 Å². The summed E-state index contributed by atoms with van der Waals surface area (Å²) in [6.07, 6.45) is 0.391. The quantitative estimate of drug-likeness (QED) is 0.518. The summed E-state index contributed by atoms with van der Waals surface area (Å²) in [5.41, 5.74) is 0. The molecule has 0 spiro atoms. The maximum atomic E-state index is 11.5. The molecule has 2 saturated heterocycles. The Morgan fingerprint density at radius 1 is 1.46 bits per heavy atom. The average Bonchev–Trinajstić information content (AvgIpc) is 2.15. The van der Waals surface area contributed by atoms with Crippen molar-refractivity contribution in [3.63, 3.8) is 0 Å². The van der Waals surface area contributed by atoms with Crippen LogP contribution in [0, 0.1) is 0 Å². The summed E-state index contributed by atoms with van der Waals surface area (Å²) in [6, 6.07) is -0.227. The number of hydrogen-bond donors (Lipinski definition) is 0. The molecule has 2 fully saturated rings. The van der Waals surface area contributed by atoms with Crippen LogP contribution in [-0.2, 0) is 9.53 Å². The lowest BCUT2D eigenvalue weighted by Crippen LogP contribution is -2.59. The van der Waals surface area contributed by atoms with Crippen molar-refractivity contribution in [2.24, 2.45) is 0 Å². The third-order valence-electron chi connectivity index (χ3n) is 2.54. The van der Waals surface area contributed by atoms with E-state index in [9.17, 15) is 9.59 Å². The fourth-order valence-corrected chi connectivity index (χ4v) is 1.71. The topological polar surface area (TPSA) is 49.9 Å². The van der Waals surface area contributed by atoms with Crippen molar-refractivity contribution in [2.45, 2.75) is 12.5 Å². The molecule has 0 aromatic rings. The Labute approximate surface area is 76.2 Å². The van der Waals surface area contributed by atoms with Gasteiger partial charge in [-0.3, -0.25) is 9.69 Å². The molecule has 3 amide bonds. The van der Waals surface area contributed by atoms with Gasteiger partial charge in [0, 0.05) is 13.6 Å². The minimum Gasteiger partial charge on any atom is -0.377 e. The molecule has 2 rings (SSSR count). The van der Waals surface area contributed by atoms with Gasteiger partial charge >= 0.3 is 6.03 Å². The highest BCUT2D eigenvalue weighted by Crippen LogP contribution is 2.18. The molecule has 0 N–H and O–H groups in total. The second kappa shape index (κ2) is 2.99. The number of nitrogens with zero attached hydrogens (tertiary/aromatic N) is 2. The number of amides is 3. The van der Waals surface area contributed by atoms with Crippen LogP contribution in [0.25, 0.3) is 0 Å². The Morgan fingerprint density at radius 2 is 2.23 bits per heavy atom. The van der Waals surface area contributed by atoms with Crippen LogP contribution in [0.2, 0.25) is 0 Å². The van der Waals surface area contributed by atoms with Gasteiger partial charge in [0.05, 0.1) is 25.7 Å². The minimum absolute atomic E-state index is 0.0371. The summed E-state index contributed by atoms with van der Waals surface area (Å²) in [7, 11) is 1.52. The Morgan fingerprint density at radius 3 is 3.00 bits per heavy atom. The van der Waals surface area contributed by atoms with E-state index in [1.807, 2.05) is 0 Å². The highest BCUT2D eigenvalue weighted by atomic mass is 16.5. The van der Waals surface area contributed by atoms with Crippen molar-refractivity contribution in [1.82, 2.24) is 9.80 Å². The molecule has 0 aromatic heterocycles. The smallest absolute Gasteiger partial charge is 0.326 e. The molecule has 1 unspecified atom stereocenters. The van der Waals surface area contributed by atoms with Crippen LogP contribution in [0.4, 0.5) is 4.79 Å². The zero-order valence-electron chi connectivity index (χ0n) is 7.52. The van der Waals surface area contributed by atoms with E-state index in [0.717, 1.165) is 0 Å². The van der Waals surface area contributed by atoms with E-state index in [0.29, 0.717) is 26.2 Å². The van der Waals surface area contributed by atoms with Crippen molar-refractivity contribution in [1.29, 1.82) is 0 Å². The highest BCUT2D eigenvalue weighted by molar-refractivity contribution is 5.97.